The van der Waals surface area contributed by atoms with E-state index in [4.69, 9.17) is 4.42 Å². The van der Waals surface area contributed by atoms with Crippen LogP contribution in [0.2, 0.25) is 0 Å². The van der Waals surface area contributed by atoms with E-state index in [2.05, 4.69) is 25.9 Å². The molecule has 2 fully saturated rings. The van der Waals surface area contributed by atoms with Crippen LogP contribution in [-0.2, 0) is 0 Å². The number of rotatable bonds is 4. The maximum atomic E-state index is 13.9. The molecule has 3 aromatic rings. The van der Waals surface area contributed by atoms with Crippen LogP contribution in [0.5, 0.6) is 0 Å². The largest absolute Gasteiger partial charge is 0.460 e. The van der Waals surface area contributed by atoms with Gasteiger partial charge in [0, 0.05) is 30.8 Å². The zero-order valence-corrected chi connectivity index (χ0v) is 19.4. The number of likely N-dealkylation sites (tertiary alicyclic amines) is 1. The van der Waals surface area contributed by atoms with Crippen LogP contribution in [0.1, 0.15) is 56.3 Å². The van der Waals surface area contributed by atoms with Gasteiger partial charge in [-0.05, 0) is 55.2 Å². The average Bonchev–Trinajstić information content (AvgIpc) is 3.42. The van der Waals surface area contributed by atoms with Gasteiger partial charge in [0.15, 0.2) is 5.76 Å². The van der Waals surface area contributed by atoms with Crippen molar-refractivity contribution in [2.24, 2.45) is 10.8 Å². The van der Waals surface area contributed by atoms with E-state index in [1.165, 1.54) is 16.8 Å². The van der Waals surface area contributed by atoms with E-state index in [1.54, 1.807) is 18.2 Å². The van der Waals surface area contributed by atoms with Gasteiger partial charge in [-0.3, -0.25) is 14.9 Å². The zero-order valence-electron chi connectivity index (χ0n) is 19.4. The quantitative estimate of drug-likeness (QED) is 0.394. The van der Waals surface area contributed by atoms with Crippen molar-refractivity contribution in [2.45, 2.75) is 53.0 Å². The maximum absolute atomic E-state index is 13.9. The Hall–Kier alpha value is -3.42. The molecule has 2 bridgehead atoms. The predicted octanol–water partition coefficient (Wildman–Crippen LogP) is 5.39. The molecular formula is C25H28N4O4. The Bertz CT molecular complexity index is 1260. The van der Waals surface area contributed by atoms with Gasteiger partial charge >= 0.3 is 0 Å². The van der Waals surface area contributed by atoms with Crippen LogP contribution < -0.4 is 0 Å². The van der Waals surface area contributed by atoms with Crippen LogP contribution in [0.3, 0.4) is 0 Å². The normalized spacial score (nSPS) is 23.6. The number of furan rings is 1. The van der Waals surface area contributed by atoms with Crippen molar-refractivity contribution in [1.82, 2.24) is 14.7 Å². The molecule has 1 saturated carbocycles. The summed E-state index contributed by atoms with van der Waals surface area (Å²) >= 11 is 0. The molecule has 3 heterocycles. The van der Waals surface area contributed by atoms with E-state index in [-0.39, 0.29) is 28.5 Å². The lowest BCUT2D eigenvalue weighted by Gasteiger charge is -2.39. The van der Waals surface area contributed by atoms with Gasteiger partial charge in [0.05, 0.1) is 10.6 Å². The maximum Gasteiger partial charge on any atom is 0.272 e. The van der Waals surface area contributed by atoms with Crippen molar-refractivity contribution in [2.75, 3.05) is 6.54 Å². The number of aryl methyl sites for hydroxylation is 1. The van der Waals surface area contributed by atoms with E-state index >= 15 is 0 Å². The molecule has 1 saturated heterocycles. The van der Waals surface area contributed by atoms with Crippen molar-refractivity contribution in [1.29, 1.82) is 0 Å². The second-order valence-electron chi connectivity index (χ2n) is 10.7. The Balaban J connectivity index is 1.59. The summed E-state index contributed by atoms with van der Waals surface area (Å²) in [7, 11) is 0. The molecule has 1 amide bonds. The summed E-state index contributed by atoms with van der Waals surface area (Å²) < 4.78 is 7.26. The number of carbonyl (C=O) groups excluding carboxylic acids is 1. The predicted molar refractivity (Wildman–Crippen MR) is 123 cm³/mol. The fraction of sp³-hybridized carbons (Fsp3) is 0.440. The summed E-state index contributed by atoms with van der Waals surface area (Å²) in [6.45, 7) is 9.37. The summed E-state index contributed by atoms with van der Waals surface area (Å²) in [5, 5.41) is 16.0. The highest BCUT2D eigenvalue weighted by Crippen LogP contribution is 2.52. The molecular weight excluding hydrogens is 420 g/mol. The molecule has 5 rings (SSSR count). The second kappa shape index (κ2) is 7.30. The second-order valence-corrected chi connectivity index (χ2v) is 10.7. The summed E-state index contributed by atoms with van der Waals surface area (Å²) in [6, 6.07) is 11.8. The smallest absolute Gasteiger partial charge is 0.272 e. The minimum Gasteiger partial charge on any atom is -0.460 e. The summed E-state index contributed by atoms with van der Waals surface area (Å²) in [5.41, 5.74) is 1.60. The van der Waals surface area contributed by atoms with Crippen molar-refractivity contribution < 1.29 is 14.1 Å². The fourth-order valence-corrected chi connectivity index (χ4v) is 6.01. The summed E-state index contributed by atoms with van der Waals surface area (Å²) in [6.07, 6.45) is 3.04. The van der Waals surface area contributed by atoms with Crippen molar-refractivity contribution in [3.8, 4) is 17.1 Å². The third kappa shape index (κ3) is 3.83. The topological polar surface area (TPSA) is 94.4 Å². The Labute approximate surface area is 192 Å². The summed E-state index contributed by atoms with van der Waals surface area (Å²) in [5.74, 6) is 1.19. The first-order valence-corrected chi connectivity index (χ1v) is 11.3. The zero-order chi connectivity index (χ0) is 23.5. The number of benzene rings is 1. The van der Waals surface area contributed by atoms with E-state index < -0.39 is 4.92 Å². The summed E-state index contributed by atoms with van der Waals surface area (Å²) in [4.78, 5) is 26.8. The minimum absolute atomic E-state index is 0.0527. The molecule has 8 nitrogen and oxygen atoms in total. The first kappa shape index (κ1) is 21.4. The minimum atomic E-state index is -0.447. The highest BCUT2D eigenvalue weighted by Gasteiger charge is 2.51. The molecule has 2 atom stereocenters. The Morgan fingerprint density at radius 3 is 2.67 bits per heavy atom. The van der Waals surface area contributed by atoms with Gasteiger partial charge in [0.1, 0.15) is 17.1 Å². The lowest BCUT2D eigenvalue weighted by Crippen LogP contribution is -2.38. The molecule has 2 unspecified atom stereocenters. The molecule has 8 heteroatoms. The molecule has 2 aliphatic rings. The van der Waals surface area contributed by atoms with E-state index in [9.17, 15) is 14.9 Å². The van der Waals surface area contributed by atoms with Gasteiger partial charge in [-0.2, -0.15) is 5.10 Å². The van der Waals surface area contributed by atoms with Crippen LogP contribution >= 0.6 is 0 Å². The lowest BCUT2D eigenvalue weighted by atomic mass is 9.65. The first-order valence-electron chi connectivity index (χ1n) is 11.3. The number of nitro groups is 1. The number of hydrogen-bond acceptors (Lipinski definition) is 5. The van der Waals surface area contributed by atoms with E-state index in [1.807, 2.05) is 24.0 Å². The first-order chi connectivity index (χ1) is 15.5. The van der Waals surface area contributed by atoms with E-state index in [0.717, 1.165) is 25.0 Å². The highest BCUT2D eigenvalue weighted by atomic mass is 16.6. The molecule has 1 aliphatic heterocycles. The molecule has 2 aromatic heterocycles. The Morgan fingerprint density at radius 1 is 1.18 bits per heavy atom. The van der Waals surface area contributed by atoms with E-state index in [0.29, 0.717) is 29.4 Å². The number of amides is 1. The number of aromatic nitrogens is 2. The third-order valence-electron chi connectivity index (χ3n) is 6.88. The molecule has 0 N–H and O–H groups in total. The van der Waals surface area contributed by atoms with Crippen molar-refractivity contribution in [3.05, 3.63) is 64.0 Å². The van der Waals surface area contributed by atoms with Gasteiger partial charge in [-0.15, -0.1) is 0 Å². The Morgan fingerprint density at radius 2 is 1.97 bits per heavy atom. The average molecular weight is 449 g/mol. The van der Waals surface area contributed by atoms with Crippen LogP contribution in [0.15, 0.2) is 46.9 Å². The van der Waals surface area contributed by atoms with Crippen molar-refractivity contribution in [3.63, 3.8) is 0 Å². The van der Waals surface area contributed by atoms with Gasteiger partial charge < -0.3 is 9.32 Å². The van der Waals surface area contributed by atoms with Gasteiger partial charge in [-0.1, -0.05) is 26.8 Å². The molecule has 0 spiro atoms. The van der Waals surface area contributed by atoms with Crippen LogP contribution in [0, 0.1) is 27.9 Å². The fourth-order valence-electron chi connectivity index (χ4n) is 6.01. The van der Waals surface area contributed by atoms with Crippen LogP contribution in [0.25, 0.3) is 17.1 Å². The Kier molecular flexibility index (Phi) is 4.74. The molecule has 0 radical (unpaired) electrons. The van der Waals surface area contributed by atoms with Crippen molar-refractivity contribution >= 4 is 11.6 Å². The number of nitrogens with zero attached hydrogens (tertiary/aromatic N) is 4. The number of fused-ring (bicyclic) bond motifs is 2. The molecule has 1 aromatic carbocycles. The number of nitro benzene ring substituents is 1. The number of non-ortho nitro benzene ring substituents is 1. The SMILES string of the molecule is Cc1ccc(-c2cc(C(=O)N3CC4(C)CC3CC(C)(C)C4)n(-c3cccc([N+](=O)[O-])c3)n2)o1. The standard InChI is InChI=1S/C25H28N4O4/c1-16-8-9-22(33-16)20-11-21(28(26-20)17-6-5-7-18(10-17)29(31)32)23(30)27-15-25(4)13-19(27)12-24(2,3)14-25/h5-11,19H,12-15H2,1-4H3. The van der Waals surface area contributed by atoms with Gasteiger partial charge in [0.2, 0.25) is 0 Å². The number of hydrogen-bond donors (Lipinski definition) is 0. The third-order valence-corrected chi connectivity index (χ3v) is 6.88. The lowest BCUT2D eigenvalue weighted by molar-refractivity contribution is -0.384. The van der Waals surface area contributed by atoms with Gasteiger partial charge in [-0.25, -0.2) is 4.68 Å². The molecule has 33 heavy (non-hydrogen) atoms. The van der Waals surface area contributed by atoms with Crippen LogP contribution in [0.4, 0.5) is 5.69 Å². The van der Waals surface area contributed by atoms with Gasteiger partial charge in [0.25, 0.3) is 11.6 Å². The molecule has 172 valence electrons. The van der Waals surface area contributed by atoms with Crippen LogP contribution in [-0.4, -0.2) is 38.1 Å². The molecule has 1 aliphatic carbocycles. The monoisotopic (exact) mass is 448 g/mol. The number of carbonyl (C=O) groups is 1. The highest BCUT2D eigenvalue weighted by molar-refractivity contribution is 5.95.